The molecule has 13 rings (SSSR count). The molecule has 2 aliphatic carbocycles. The van der Waals surface area contributed by atoms with Gasteiger partial charge in [0.15, 0.2) is 0 Å². The van der Waals surface area contributed by atoms with Crippen molar-refractivity contribution in [2.45, 2.75) is 32.1 Å². The maximum Gasteiger partial charge on any atom is 0.0547 e. The number of fused-ring (bicyclic) bond motifs is 10. The molecule has 0 aliphatic heterocycles. The number of allylic oxidation sites excluding steroid dienone is 4. The molecule has 2 aromatic heterocycles. The molecular formula is C61H45N3. The molecule has 9 aromatic carbocycles. The Morgan fingerprint density at radius 2 is 1.08 bits per heavy atom. The van der Waals surface area contributed by atoms with Crippen LogP contribution in [0.4, 0.5) is 11.4 Å². The van der Waals surface area contributed by atoms with Crippen molar-refractivity contribution in [3.63, 3.8) is 0 Å². The van der Waals surface area contributed by atoms with Crippen LogP contribution in [0.3, 0.4) is 0 Å². The van der Waals surface area contributed by atoms with Crippen LogP contribution in [0.2, 0.25) is 0 Å². The fourth-order valence-electron chi connectivity index (χ4n) is 11.2. The first-order chi connectivity index (χ1) is 31.5. The minimum absolute atomic E-state index is 0.0908. The Bertz CT molecular complexity index is 3760. The second kappa shape index (κ2) is 14.1. The Balaban J connectivity index is 0.956. The molecule has 0 fully saturated rings. The molecule has 0 bridgehead atoms. The molecule has 2 heterocycles. The highest BCUT2D eigenvalue weighted by molar-refractivity contribution is 6.17. The molecule has 0 unspecified atom stereocenters. The smallest absolute Gasteiger partial charge is 0.0547 e. The number of hydrogen-bond acceptors (Lipinski definition) is 1. The van der Waals surface area contributed by atoms with Crippen molar-refractivity contribution in [1.82, 2.24) is 9.13 Å². The molecule has 0 atom stereocenters. The fraction of sp³-hybridized carbons (Fsp3) is 0.0820. The minimum atomic E-state index is -0.0908. The van der Waals surface area contributed by atoms with Crippen LogP contribution in [0.5, 0.6) is 0 Å². The Kier molecular flexibility index (Phi) is 8.08. The lowest BCUT2D eigenvalue weighted by molar-refractivity contribution is 0.660. The van der Waals surface area contributed by atoms with Crippen LogP contribution < -0.4 is 4.90 Å². The third-order valence-corrected chi connectivity index (χ3v) is 14.2. The summed E-state index contributed by atoms with van der Waals surface area (Å²) in [5, 5.41) is 7.58. The van der Waals surface area contributed by atoms with E-state index in [4.69, 9.17) is 0 Å². The topological polar surface area (TPSA) is 13.1 Å². The molecule has 3 heteroatoms. The van der Waals surface area contributed by atoms with Crippen molar-refractivity contribution in [1.29, 1.82) is 0 Å². The molecular weight excluding hydrogens is 775 g/mol. The summed E-state index contributed by atoms with van der Waals surface area (Å²) in [5.74, 6) is 0. The quantitative estimate of drug-likeness (QED) is 0.163. The van der Waals surface area contributed by atoms with E-state index >= 15 is 0 Å². The monoisotopic (exact) mass is 819 g/mol. The van der Waals surface area contributed by atoms with Gasteiger partial charge in [-0.15, -0.1) is 0 Å². The number of anilines is 2. The molecule has 3 nitrogen and oxygen atoms in total. The zero-order chi connectivity index (χ0) is 42.5. The molecule has 2 aliphatic rings. The van der Waals surface area contributed by atoms with Gasteiger partial charge in [0.2, 0.25) is 0 Å². The average Bonchev–Trinajstić information content (AvgIpc) is 3.95. The molecule has 0 N–H and O–H groups in total. The lowest BCUT2D eigenvalue weighted by Crippen LogP contribution is -2.20. The number of aromatic nitrogens is 2. The first kappa shape index (κ1) is 36.7. The van der Waals surface area contributed by atoms with Gasteiger partial charge in [-0.3, -0.25) is 0 Å². The van der Waals surface area contributed by atoms with E-state index in [2.05, 4.69) is 240 Å². The van der Waals surface area contributed by atoms with Crippen LogP contribution >= 0.6 is 0 Å². The number of benzene rings is 9. The van der Waals surface area contributed by atoms with E-state index in [-0.39, 0.29) is 5.41 Å². The van der Waals surface area contributed by atoms with Crippen LogP contribution in [0.25, 0.3) is 88.0 Å². The van der Waals surface area contributed by atoms with Gasteiger partial charge in [0.05, 0.1) is 22.1 Å². The van der Waals surface area contributed by atoms with Gasteiger partial charge in [-0.2, -0.15) is 0 Å². The van der Waals surface area contributed by atoms with E-state index in [1.54, 1.807) is 0 Å². The lowest BCUT2D eigenvalue weighted by atomic mass is 9.82. The summed E-state index contributed by atoms with van der Waals surface area (Å²) in [4.78, 5) is 2.51. The van der Waals surface area contributed by atoms with Gasteiger partial charge in [0.1, 0.15) is 0 Å². The van der Waals surface area contributed by atoms with Gasteiger partial charge in [-0.1, -0.05) is 153 Å². The van der Waals surface area contributed by atoms with Crippen LogP contribution in [-0.2, 0) is 5.41 Å². The number of nitrogens with zero attached hydrogens (tertiary/aromatic N) is 3. The molecule has 304 valence electrons. The summed E-state index contributed by atoms with van der Waals surface area (Å²) >= 11 is 0. The largest absolute Gasteiger partial charge is 0.314 e. The van der Waals surface area contributed by atoms with Crippen LogP contribution in [-0.4, -0.2) is 9.13 Å². The maximum atomic E-state index is 2.52. The molecule has 0 saturated heterocycles. The number of hydrogen-bond donors (Lipinski definition) is 0. The molecule has 0 saturated carbocycles. The molecule has 0 spiro atoms. The average molecular weight is 820 g/mol. The Morgan fingerprint density at radius 1 is 0.422 bits per heavy atom. The van der Waals surface area contributed by atoms with Crippen LogP contribution in [0, 0.1) is 0 Å². The van der Waals surface area contributed by atoms with Crippen molar-refractivity contribution in [3.05, 3.63) is 229 Å². The molecule has 64 heavy (non-hydrogen) atoms. The summed E-state index contributed by atoms with van der Waals surface area (Å²) < 4.78 is 4.94. The normalized spacial score (nSPS) is 14.3. The zero-order valence-electron chi connectivity index (χ0n) is 36.0. The third kappa shape index (κ3) is 5.47. The SMILES string of the molecule is CC1(C)c2ccccc2-c2ccc(N(C3=CC=C(n4c5ccccc5c5c(-c6ccc7c8ccccc8n(-c8ccccc8)c7c6)cccc54)CC3)c3ccc4ccccc4c3)cc21. The van der Waals surface area contributed by atoms with E-state index in [9.17, 15) is 0 Å². The van der Waals surface area contributed by atoms with Crippen molar-refractivity contribution in [3.8, 4) is 27.9 Å². The van der Waals surface area contributed by atoms with E-state index in [0.29, 0.717) is 0 Å². The predicted molar refractivity (Wildman–Crippen MR) is 271 cm³/mol. The van der Waals surface area contributed by atoms with Gasteiger partial charge in [0, 0.05) is 55.4 Å². The Hall–Kier alpha value is -7.88. The third-order valence-electron chi connectivity index (χ3n) is 14.2. The number of para-hydroxylation sites is 3. The van der Waals surface area contributed by atoms with E-state index in [0.717, 1.165) is 12.8 Å². The van der Waals surface area contributed by atoms with E-state index < -0.39 is 0 Å². The summed E-state index contributed by atoms with van der Waals surface area (Å²) in [7, 11) is 0. The fourth-order valence-corrected chi connectivity index (χ4v) is 11.2. The highest BCUT2D eigenvalue weighted by Crippen LogP contribution is 2.51. The highest BCUT2D eigenvalue weighted by Gasteiger charge is 2.36. The first-order valence-corrected chi connectivity index (χ1v) is 22.6. The van der Waals surface area contributed by atoms with Crippen LogP contribution in [0.15, 0.2) is 218 Å². The summed E-state index contributed by atoms with van der Waals surface area (Å²) in [6.07, 6.45) is 6.55. The standard InChI is InChI=1S/C61H45N3/c1-61(2)54-23-11-8-19-49(54)50-36-34-47(39-55(50)61)62(46-29-27-40-15-6-7-16-41(40)37-46)44-30-32-45(33-31-44)63-57-25-13-10-21-53(57)60-48(22-14-26-58(60)63)42-28-35-52-51-20-9-12-24-56(51)64(59(52)38-42)43-17-4-3-5-18-43/h3-30,32,34-39H,31,33H2,1-2H3. The van der Waals surface area contributed by atoms with E-state index in [1.165, 1.54) is 116 Å². The minimum Gasteiger partial charge on any atom is -0.314 e. The summed E-state index contributed by atoms with van der Waals surface area (Å²) in [6, 6.07) is 74.0. The summed E-state index contributed by atoms with van der Waals surface area (Å²) in [6.45, 7) is 4.74. The van der Waals surface area contributed by atoms with Gasteiger partial charge in [0.25, 0.3) is 0 Å². The second-order valence-corrected chi connectivity index (χ2v) is 18.1. The number of rotatable bonds is 6. The highest BCUT2D eigenvalue weighted by atomic mass is 15.2. The van der Waals surface area contributed by atoms with Gasteiger partial charge in [-0.05, 0) is 130 Å². The van der Waals surface area contributed by atoms with Crippen molar-refractivity contribution in [2.75, 3.05) is 4.90 Å². The van der Waals surface area contributed by atoms with Crippen molar-refractivity contribution < 1.29 is 0 Å². The Labute approximate surface area is 373 Å². The lowest BCUT2D eigenvalue weighted by Gasteiger charge is -2.32. The first-order valence-electron chi connectivity index (χ1n) is 22.6. The summed E-state index contributed by atoms with van der Waals surface area (Å²) in [5.41, 5.74) is 18.9. The molecule has 0 radical (unpaired) electrons. The van der Waals surface area contributed by atoms with Crippen molar-refractivity contribution >= 4 is 71.5 Å². The van der Waals surface area contributed by atoms with Crippen molar-refractivity contribution in [2.24, 2.45) is 0 Å². The Morgan fingerprint density at radius 3 is 1.92 bits per heavy atom. The van der Waals surface area contributed by atoms with Gasteiger partial charge >= 0.3 is 0 Å². The molecule has 11 aromatic rings. The maximum absolute atomic E-state index is 2.52. The van der Waals surface area contributed by atoms with E-state index in [1.807, 2.05) is 0 Å². The van der Waals surface area contributed by atoms with Crippen LogP contribution in [0.1, 0.15) is 37.8 Å². The molecule has 0 amide bonds. The second-order valence-electron chi connectivity index (χ2n) is 18.1. The predicted octanol–water partition coefficient (Wildman–Crippen LogP) is 16.4. The van der Waals surface area contributed by atoms with Gasteiger partial charge in [-0.25, -0.2) is 0 Å². The zero-order valence-corrected chi connectivity index (χ0v) is 36.0. The van der Waals surface area contributed by atoms with Gasteiger partial charge < -0.3 is 14.0 Å².